The van der Waals surface area contributed by atoms with Gasteiger partial charge in [0.2, 0.25) is 5.91 Å². The Hall–Kier alpha value is -1.98. The average molecular weight is 334 g/mol. The monoisotopic (exact) mass is 334 g/mol. The van der Waals surface area contributed by atoms with Gasteiger partial charge in [0.15, 0.2) is 0 Å². The van der Waals surface area contributed by atoms with Crippen molar-refractivity contribution in [2.45, 2.75) is 65.3 Å². The minimum Gasteiger partial charge on any atom is -0.354 e. The molecule has 1 unspecified atom stereocenters. The van der Waals surface area contributed by atoms with Gasteiger partial charge in [-0.05, 0) is 19.8 Å². The fourth-order valence-electron chi connectivity index (χ4n) is 2.30. The molecule has 2 amide bonds. The third kappa shape index (κ3) is 7.53. The third-order valence-electron chi connectivity index (χ3n) is 3.98. The number of unbranched alkanes of at least 4 members (excludes halogenated alkanes) is 3. The zero-order valence-electron chi connectivity index (χ0n) is 15.1. The molecule has 0 fully saturated rings. The Balaban J connectivity index is 2.60. The van der Waals surface area contributed by atoms with E-state index < -0.39 is 0 Å². The van der Waals surface area contributed by atoms with E-state index in [9.17, 15) is 9.59 Å². The van der Waals surface area contributed by atoms with Gasteiger partial charge in [0.25, 0.3) is 5.91 Å². The Morgan fingerprint density at radius 3 is 2.58 bits per heavy atom. The molecule has 134 valence electrons. The highest BCUT2D eigenvalue weighted by molar-refractivity contribution is 5.92. The maximum absolute atomic E-state index is 12.6. The highest BCUT2D eigenvalue weighted by Crippen LogP contribution is 2.06. The first-order chi connectivity index (χ1) is 11.6. The summed E-state index contributed by atoms with van der Waals surface area (Å²) in [7, 11) is 0. The van der Waals surface area contributed by atoms with Crippen molar-refractivity contribution < 1.29 is 9.59 Å². The van der Waals surface area contributed by atoms with Crippen LogP contribution in [0.3, 0.4) is 0 Å². The van der Waals surface area contributed by atoms with Crippen LogP contribution in [0.5, 0.6) is 0 Å². The van der Waals surface area contributed by atoms with Gasteiger partial charge in [0.1, 0.15) is 5.69 Å². The molecule has 0 spiro atoms. The van der Waals surface area contributed by atoms with Gasteiger partial charge < -0.3 is 10.2 Å². The number of carbonyl (C=O) groups excluding carboxylic acids is 2. The number of nitrogens with zero attached hydrogens (tertiary/aromatic N) is 3. The van der Waals surface area contributed by atoms with Crippen molar-refractivity contribution in [1.82, 2.24) is 20.2 Å². The number of nitrogens with one attached hydrogen (secondary N) is 1. The molecule has 0 aliphatic carbocycles. The van der Waals surface area contributed by atoms with Crippen LogP contribution in [-0.2, 0) is 4.79 Å². The van der Waals surface area contributed by atoms with Gasteiger partial charge in [-0.25, -0.2) is 4.98 Å². The summed E-state index contributed by atoms with van der Waals surface area (Å²) in [4.78, 5) is 34.3. The minimum atomic E-state index is -0.157. The van der Waals surface area contributed by atoms with Gasteiger partial charge in [-0.15, -0.1) is 0 Å². The summed E-state index contributed by atoms with van der Waals surface area (Å²) < 4.78 is 0. The Kier molecular flexibility index (Phi) is 9.65. The normalized spacial score (nSPS) is 11.8. The van der Waals surface area contributed by atoms with Crippen molar-refractivity contribution in [3.05, 3.63) is 24.3 Å². The number of hydrogen-bond acceptors (Lipinski definition) is 4. The molecule has 0 aliphatic rings. The standard InChI is InChI=1S/C18H30N4O2/c1-4-6-7-8-12-22(13-9-17(23)21-15(3)5-2)18(24)16-14-19-10-11-20-16/h10-11,14-15H,4-9,12-13H2,1-3H3,(H,21,23). The lowest BCUT2D eigenvalue weighted by molar-refractivity contribution is -0.121. The molecule has 0 bridgehead atoms. The van der Waals surface area contributed by atoms with Crippen molar-refractivity contribution in [3.8, 4) is 0 Å². The van der Waals surface area contributed by atoms with Crippen molar-refractivity contribution in [2.75, 3.05) is 13.1 Å². The van der Waals surface area contributed by atoms with E-state index in [1.165, 1.54) is 12.4 Å². The van der Waals surface area contributed by atoms with Gasteiger partial charge >= 0.3 is 0 Å². The van der Waals surface area contributed by atoms with Gasteiger partial charge in [0.05, 0.1) is 6.20 Å². The molecule has 0 saturated heterocycles. The second-order valence-corrected chi connectivity index (χ2v) is 6.07. The SMILES string of the molecule is CCCCCCN(CCC(=O)NC(C)CC)C(=O)c1cnccn1. The second kappa shape index (κ2) is 11.5. The molecular weight excluding hydrogens is 304 g/mol. The van der Waals surface area contributed by atoms with E-state index in [1.807, 2.05) is 13.8 Å². The first-order valence-electron chi connectivity index (χ1n) is 8.93. The number of hydrogen-bond donors (Lipinski definition) is 1. The van der Waals surface area contributed by atoms with Gasteiger partial charge in [-0.2, -0.15) is 0 Å². The Bertz CT molecular complexity index is 493. The fraction of sp³-hybridized carbons (Fsp3) is 0.667. The predicted octanol–water partition coefficient (Wildman–Crippen LogP) is 2.80. The summed E-state index contributed by atoms with van der Waals surface area (Å²) in [5, 5.41) is 2.94. The Labute approximate surface area is 145 Å². The van der Waals surface area contributed by atoms with Gasteiger partial charge in [-0.3, -0.25) is 14.6 Å². The predicted molar refractivity (Wildman–Crippen MR) is 94.6 cm³/mol. The molecule has 6 nitrogen and oxygen atoms in total. The highest BCUT2D eigenvalue weighted by Gasteiger charge is 2.18. The van der Waals surface area contributed by atoms with Crippen LogP contribution in [0, 0.1) is 0 Å². The Morgan fingerprint density at radius 1 is 1.17 bits per heavy atom. The molecule has 1 rings (SSSR count). The van der Waals surface area contributed by atoms with E-state index in [2.05, 4.69) is 22.2 Å². The molecule has 24 heavy (non-hydrogen) atoms. The molecule has 0 aliphatic heterocycles. The van der Waals surface area contributed by atoms with Crippen LogP contribution in [0.25, 0.3) is 0 Å². The zero-order chi connectivity index (χ0) is 17.8. The van der Waals surface area contributed by atoms with Crippen LogP contribution >= 0.6 is 0 Å². The second-order valence-electron chi connectivity index (χ2n) is 6.07. The van der Waals surface area contributed by atoms with Crippen molar-refractivity contribution >= 4 is 11.8 Å². The summed E-state index contributed by atoms with van der Waals surface area (Å²) in [6, 6.07) is 0.159. The van der Waals surface area contributed by atoms with Crippen LogP contribution in [0.4, 0.5) is 0 Å². The summed E-state index contributed by atoms with van der Waals surface area (Å²) in [6.45, 7) is 7.21. The fourth-order valence-corrected chi connectivity index (χ4v) is 2.30. The molecule has 1 N–H and O–H groups in total. The van der Waals surface area contributed by atoms with Crippen molar-refractivity contribution in [2.24, 2.45) is 0 Å². The molecule has 1 aromatic rings. The molecular formula is C18H30N4O2. The summed E-state index contributed by atoms with van der Waals surface area (Å²) in [5.74, 6) is -0.175. The number of aromatic nitrogens is 2. The zero-order valence-corrected chi connectivity index (χ0v) is 15.1. The first-order valence-corrected chi connectivity index (χ1v) is 8.93. The number of carbonyl (C=O) groups is 2. The average Bonchev–Trinajstić information content (AvgIpc) is 2.61. The molecule has 6 heteroatoms. The van der Waals surface area contributed by atoms with E-state index >= 15 is 0 Å². The molecule has 0 saturated carbocycles. The largest absolute Gasteiger partial charge is 0.354 e. The summed E-state index contributed by atoms with van der Waals surface area (Å²) in [6.07, 6.45) is 10.1. The van der Waals surface area contributed by atoms with Crippen LogP contribution in [0.15, 0.2) is 18.6 Å². The van der Waals surface area contributed by atoms with E-state index in [4.69, 9.17) is 0 Å². The maximum atomic E-state index is 12.6. The molecule has 0 radical (unpaired) electrons. The number of amides is 2. The van der Waals surface area contributed by atoms with E-state index in [-0.39, 0.29) is 17.9 Å². The Morgan fingerprint density at radius 2 is 1.96 bits per heavy atom. The highest BCUT2D eigenvalue weighted by atomic mass is 16.2. The lowest BCUT2D eigenvalue weighted by atomic mass is 10.2. The van der Waals surface area contributed by atoms with Crippen LogP contribution in [0.1, 0.15) is 69.8 Å². The van der Waals surface area contributed by atoms with Crippen LogP contribution in [-0.4, -0.2) is 45.8 Å². The lowest BCUT2D eigenvalue weighted by Gasteiger charge is -2.22. The van der Waals surface area contributed by atoms with E-state index in [0.717, 1.165) is 32.1 Å². The van der Waals surface area contributed by atoms with Crippen LogP contribution in [0.2, 0.25) is 0 Å². The smallest absolute Gasteiger partial charge is 0.274 e. The van der Waals surface area contributed by atoms with Gasteiger partial charge in [0, 0.05) is 37.9 Å². The quantitative estimate of drug-likeness (QED) is 0.631. The van der Waals surface area contributed by atoms with E-state index in [1.54, 1.807) is 11.1 Å². The lowest BCUT2D eigenvalue weighted by Crippen LogP contribution is -2.38. The van der Waals surface area contributed by atoms with Crippen molar-refractivity contribution in [1.29, 1.82) is 0 Å². The topological polar surface area (TPSA) is 75.2 Å². The first kappa shape index (κ1) is 20.1. The third-order valence-corrected chi connectivity index (χ3v) is 3.98. The minimum absolute atomic E-state index is 0.0187. The maximum Gasteiger partial charge on any atom is 0.274 e. The van der Waals surface area contributed by atoms with Crippen LogP contribution < -0.4 is 5.32 Å². The molecule has 0 aromatic carbocycles. The summed E-state index contributed by atoms with van der Waals surface area (Å²) in [5.41, 5.74) is 0.329. The molecule has 1 aromatic heterocycles. The van der Waals surface area contributed by atoms with Crippen molar-refractivity contribution in [3.63, 3.8) is 0 Å². The molecule has 1 atom stereocenters. The number of rotatable bonds is 11. The summed E-state index contributed by atoms with van der Waals surface area (Å²) >= 11 is 0. The molecule has 1 heterocycles. The van der Waals surface area contributed by atoms with Gasteiger partial charge in [-0.1, -0.05) is 33.1 Å². The van der Waals surface area contributed by atoms with E-state index in [0.29, 0.717) is 25.2 Å².